The Kier molecular flexibility index (Phi) is 3.19. The van der Waals surface area contributed by atoms with Crippen LogP contribution in [0.15, 0.2) is 43.0 Å². The summed E-state index contributed by atoms with van der Waals surface area (Å²) >= 11 is 0. The lowest BCUT2D eigenvalue weighted by Crippen LogP contribution is -2.26. The number of nitrogens with zero attached hydrogens (tertiary/aromatic N) is 2. The van der Waals surface area contributed by atoms with Crippen LogP contribution in [0.1, 0.15) is 19.4 Å². The maximum atomic E-state index is 11.1. The van der Waals surface area contributed by atoms with Gasteiger partial charge >= 0.3 is 5.97 Å². The molecule has 18 heavy (non-hydrogen) atoms. The van der Waals surface area contributed by atoms with E-state index < -0.39 is 11.4 Å². The Bertz CT molecular complexity index is 545. The van der Waals surface area contributed by atoms with Gasteiger partial charge in [-0.3, -0.25) is 4.79 Å². The highest BCUT2D eigenvalue weighted by molar-refractivity contribution is 5.74. The van der Waals surface area contributed by atoms with Gasteiger partial charge in [0.1, 0.15) is 0 Å². The summed E-state index contributed by atoms with van der Waals surface area (Å²) in [6.07, 6.45) is 5.81. The molecule has 94 valence electrons. The highest BCUT2D eigenvalue weighted by Crippen LogP contribution is 2.23. The van der Waals surface area contributed by atoms with Crippen molar-refractivity contribution in [1.29, 1.82) is 0 Å². The van der Waals surface area contributed by atoms with Gasteiger partial charge in [0, 0.05) is 18.1 Å². The van der Waals surface area contributed by atoms with Crippen LogP contribution in [-0.2, 0) is 11.2 Å². The van der Waals surface area contributed by atoms with Crippen LogP contribution in [0.3, 0.4) is 0 Å². The Labute approximate surface area is 106 Å². The second kappa shape index (κ2) is 4.64. The van der Waals surface area contributed by atoms with Gasteiger partial charge in [-0.1, -0.05) is 12.1 Å². The molecule has 0 fully saturated rings. The zero-order chi connectivity index (χ0) is 13.2. The Balaban J connectivity index is 2.26. The topological polar surface area (TPSA) is 55.1 Å². The van der Waals surface area contributed by atoms with E-state index in [1.54, 1.807) is 26.4 Å². The molecule has 0 saturated heterocycles. The van der Waals surface area contributed by atoms with E-state index in [0.717, 1.165) is 11.3 Å². The number of rotatable bonds is 4. The summed E-state index contributed by atoms with van der Waals surface area (Å²) in [4.78, 5) is 15.1. The first-order valence-electron chi connectivity index (χ1n) is 5.80. The van der Waals surface area contributed by atoms with Crippen LogP contribution in [0.25, 0.3) is 5.69 Å². The van der Waals surface area contributed by atoms with E-state index in [2.05, 4.69) is 4.98 Å². The molecule has 2 rings (SSSR count). The van der Waals surface area contributed by atoms with E-state index in [4.69, 9.17) is 5.11 Å². The average molecular weight is 244 g/mol. The van der Waals surface area contributed by atoms with Crippen molar-refractivity contribution in [1.82, 2.24) is 9.55 Å². The fourth-order valence-electron chi connectivity index (χ4n) is 1.82. The predicted octanol–water partition coefficient (Wildman–Crippen LogP) is 2.53. The predicted molar refractivity (Wildman–Crippen MR) is 68.7 cm³/mol. The minimum Gasteiger partial charge on any atom is -0.481 e. The standard InChI is InChI=1S/C14H16N2O2/c1-14(2,13(17)18)9-11-4-3-5-12(8-11)16-7-6-15-10-16/h3-8,10H,9H2,1-2H3,(H,17,18). The first kappa shape index (κ1) is 12.4. The van der Waals surface area contributed by atoms with Gasteiger partial charge in [-0.25, -0.2) is 4.98 Å². The van der Waals surface area contributed by atoms with Gasteiger partial charge in [0.2, 0.25) is 0 Å². The molecule has 0 aliphatic heterocycles. The monoisotopic (exact) mass is 244 g/mol. The summed E-state index contributed by atoms with van der Waals surface area (Å²) in [5.74, 6) is -0.782. The van der Waals surface area contributed by atoms with Crippen LogP contribution >= 0.6 is 0 Å². The van der Waals surface area contributed by atoms with Crippen molar-refractivity contribution in [3.63, 3.8) is 0 Å². The lowest BCUT2D eigenvalue weighted by atomic mass is 9.86. The second-order valence-corrected chi connectivity index (χ2v) is 5.01. The largest absolute Gasteiger partial charge is 0.481 e. The second-order valence-electron chi connectivity index (χ2n) is 5.01. The lowest BCUT2D eigenvalue weighted by molar-refractivity contribution is -0.146. The molecule has 0 radical (unpaired) electrons. The number of hydrogen-bond donors (Lipinski definition) is 1. The van der Waals surface area contributed by atoms with Gasteiger partial charge < -0.3 is 9.67 Å². The number of carbonyl (C=O) groups is 1. The average Bonchev–Trinajstić information content (AvgIpc) is 2.82. The fourth-order valence-corrected chi connectivity index (χ4v) is 1.82. The van der Waals surface area contributed by atoms with Crippen LogP contribution in [-0.4, -0.2) is 20.6 Å². The summed E-state index contributed by atoms with van der Waals surface area (Å²) in [6, 6.07) is 7.85. The van der Waals surface area contributed by atoms with E-state index in [-0.39, 0.29) is 0 Å². The zero-order valence-corrected chi connectivity index (χ0v) is 10.5. The number of carboxylic acids is 1. The summed E-state index contributed by atoms with van der Waals surface area (Å²) in [7, 11) is 0. The molecule has 0 atom stereocenters. The third kappa shape index (κ3) is 2.59. The van der Waals surface area contributed by atoms with Crippen molar-refractivity contribution < 1.29 is 9.90 Å². The van der Waals surface area contributed by atoms with E-state index in [9.17, 15) is 4.79 Å². The molecule has 1 aromatic heterocycles. The van der Waals surface area contributed by atoms with E-state index >= 15 is 0 Å². The van der Waals surface area contributed by atoms with Gasteiger partial charge in [0.05, 0.1) is 11.7 Å². The molecule has 4 nitrogen and oxygen atoms in total. The van der Waals surface area contributed by atoms with Crippen molar-refractivity contribution in [2.75, 3.05) is 0 Å². The highest BCUT2D eigenvalue weighted by atomic mass is 16.4. The molecule has 2 aromatic rings. The molecular formula is C14H16N2O2. The zero-order valence-electron chi connectivity index (χ0n) is 10.5. The molecule has 0 amide bonds. The summed E-state index contributed by atoms with van der Waals surface area (Å²) < 4.78 is 1.90. The van der Waals surface area contributed by atoms with Gasteiger partial charge in [0.15, 0.2) is 0 Å². The highest BCUT2D eigenvalue weighted by Gasteiger charge is 2.27. The SMILES string of the molecule is CC(C)(Cc1cccc(-n2ccnc2)c1)C(=O)O. The molecule has 0 aliphatic rings. The first-order chi connectivity index (χ1) is 8.49. The summed E-state index contributed by atoms with van der Waals surface area (Å²) in [6.45, 7) is 3.47. The molecule has 0 bridgehead atoms. The van der Waals surface area contributed by atoms with Crippen molar-refractivity contribution in [2.45, 2.75) is 20.3 Å². The summed E-state index contributed by atoms with van der Waals surface area (Å²) in [5, 5.41) is 9.14. The van der Waals surface area contributed by atoms with Crippen LogP contribution in [0, 0.1) is 5.41 Å². The molecular weight excluding hydrogens is 228 g/mol. The van der Waals surface area contributed by atoms with Gasteiger partial charge in [-0.15, -0.1) is 0 Å². The number of benzene rings is 1. The number of carboxylic acid groups (broad SMARTS) is 1. The third-order valence-electron chi connectivity index (χ3n) is 2.94. The maximum Gasteiger partial charge on any atom is 0.309 e. The maximum absolute atomic E-state index is 11.1. The molecule has 0 spiro atoms. The minimum absolute atomic E-state index is 0.505. The first-order valence-corrected chi connectivity index (χ1v) is 5.80. The van der Waals surface area contributed by atoms with Crippen LogP contribution in [0.5, 0.6) is 0 Å². The molecule has 0 unspecified atom stereocenters. The molecule has 0 aliphatic carbocycles. The molecule has 1 aromatic carbocycles. The molecule has 0 saturated carbocycles. The Morgan fingerprint density at radius 2 is 2.22 bits per heavy atom. The lowest BCUT2D eigenvalue weighted by Gasteiger charge is -2.19. The molecule has 1 heterocycles. The van der Waals surface area contributed by atoms with Crippen molar-refractivity contribution in [3.05, 3.63) is 48.5 Å². The summed E-state index contributed by atoms with van der Waals surface area (Å²) in [5.41, 5.74) is 1.24. The Morgan fingerprint density at radius 3 is 2.83 bits per heavy atom. The smallest absolute Gasteiger partial charge is 0.309 e. The van der Waals surface area contributed by atoms with Crippen LogP contribution < -0.4 is 0 Å². The number of imidazole rings is 1. The number of aromatic nitrogens is 2. The number of aliphatic carboxylic acids is 1. The normalized spacial score (nSPS) is 11.4. The van der Waals surface area contributed by atoms with E-state index in [0.29, 0.717) is 6.42 Å². The van der Waals surface area contributed by atoms with Gasteiger partial charge in [-0.2, -0.15) is 0 Å². The van der Waals surface area contributed by atoms with E-state index in [1.807, 2.05) is 35.0 Å². The van der Waals surface area contributed by atoms with E-state index in [1.165, 1.54) is 0 Å². The Hall–Kier alpha value is -2.10. The molecule has 4 heteroatoms. The Morgan fingerprint density at radius 1 is 1.44 bits per heavy atom. The van der Waals surface area contributed by atoms with Gasteiger partial charge in [0.25, 0.3) is 0 Å². The minimum atomic E-state index is -0.782. The van der Waals surface area contributed by atoms with Crippen molar-refractivity contribution in [3.8, 4) is 5.69 Å². The third-order valence-corrected chi connectivity index (χ3v) is 2.94. The molecule has 1 N–H and O–H groups in total. The van der Waals surface area contributed by atoms with Crippen LogP contribution in [0.2, 0.25) is 0 Å². The van der Waals surface area contributed by atoms with Crippen molar-refractivity contribution in [2.24, 2.45) is 5.41 Å². The van der Waals surface area contributed by atoms with Crippen LogP contribution in [0.4, 0.5) is 0 Å². The fraction of sp³-hybridized carbons (Fsp3) is 0.286. The van der Waals surface area contributed by atoms with Crippen molar-refractivity contribution >= 4 is 5.97 Å². The number of hydrogen-bond acceptors (Lipinski definition) is 2. The quantitative estimate of drug-likeness (QED) is 0.899. The van der Waals surface area contributed by atoms with Gasteiger partial charge in [-0.05, 0) is 38.0 Å².